The average molecular weight is 1120 g/mol. The van der Waals surface area contributed by atoms with Crippen LogP contribution in [0.15, 0.2) is 48.6 Å². The Kier molecular flexibility index (Phi) is 66.6. The van der Waals surface area contributed by atoms with E-state index in [0.717, 1.165) is 103 Å². The molecule has 0 aliphatic heterocycles. The number of ether oxygens (including phenoxy) is 3. The maximum Gasteiger partial charge on any atom is 0.306 e. The Balaban J connectivity index is 4.10. The summed E-state index contributed by atoms with van der Waals surface area (Å²) >= 11 is 0. The molecule has 0 spiro atoms. The Morgan fingerprint density at radius 2 is 0.463 bits per heavy atom. The second-order valence-corrected chi connectivity index (χ2v) is 24.1. The summed E-state index contributed by atoms with van der Waals surface area (Å²) in [5.41, 5.74) is 0. The first kappa shape index (κ1) is 77.4. The molecule has 0 aromatic carbocycles. The molecule has 0 aliphatic carbocycles. The van der Waals surface area contributed by atoms with E-state index in [4.69, 9.17) is 14.2 Å². The van der Waals surface area contributed by atoms with Gasteiger partial charge in [-0.1, -0.05) is 339 Å². The molecule has 0 aliphatic rings. The van der Waals surface area contributed by atoms with Crippen LogP contribution >= 0.6 is 0 Å². The SMILES string of the molecule is CCCC/C=C\C/C=C\CCCCCCCC(=O)OCC(COC(=O)CCCCCCCCCCCCCCCCCCCCCCCCCCCCCCCCCCC)OC(=O)CCCCCCC/C=C\C/C=C\CCCCC. The minimum atomic E-state index is -0.786. The van der Waals surface area contributed by atoms with Gasteiger partial charge in [-0.2, -0.15) is 0 Å². The maximum absolute atomic E-state index is 12.9. The third-order valence-corrected chi connectivity index (χ3v) is 16.1. The van der Waals surface area contributed by atoms with Crippen LogP contribution in [0.5, 0.6) is 0 Å². The van der Waals surface area contributed by atoms with E-state index >= 15 is 0 Å². The first-order valence-electron chi connectivity index (χ1n) is 35.6. The lowest BCUT2D eigenvalue weighted by Crippen LogP contribution is -2.30. The molecule has 0 amide bonds. The van der Waals surface area contributed by atoms with E-state index < -0.39 is 6.10 Å². The summed E-state index contributed by atoms with van der Waals surface area (Å²) < 4.78 is 16.9. The standard InChI is InChI=1S/C74H136O6/c1-4-7-10-13-16-19-22-25-28-29-30-31-32-33-34-35-36-37-38-39-40-41-42-43-44-45-47-49-52-55-58-61-64-67-73(76)79-70-71(69-78-72(75)66-63-60-57-54-51-48-27-24-21-18-15-12-9-6-3)80-74(77)68-65-62-59-56-53-50-46-26-23-20-17-14-11-8-5-2/h15,17-18,20,24,26-27,46,71H,4-14,16,19,21-23,25,28-45,47-70H2,1-3H3/b18-15-,20-17-,27-24-,46-26-. The fourth-order valence-corrected chi connectivity index (χ4v) is 10.7. The molecule has 6 heteroatoms. The Labute approximate surface area is 498 Å². The quantitative estimate of drug-likeness (QED) is 0.0261. The second kappa shape index (κ2) is 68.9. The number of esters is 3. The van der Waals surface area contributed by atoms with Gasteiger partial charge in [0.25, 0.3) is 0 Å². The van der Waals surface area contributed by atoms with Crippen molar-refractivity contribution in [1.29, 1.82) is 0 Å². The van der Waals surface area contributed by atoms with E-state index in [2.05, 4.69) is 69.4 Å². The highest BCUT2D eigenvalue weighted by Crippen LogP contribution is 2.19. The predicted molar refractivity (Wildman–Crippen MR) is 349 cm³/mol. The summed E-state index contributed by atoms with van der Waals surface area (Å²) in [5, 5.41) is 0. The first-order chi connectivity index (χ1) is 39.5. The van der Waals surface area contributed by atoms with Crippen molar-refractivity contribution in [3.63, 3.8) is 0 Å². The van der Waals surface area contributed by atoms with E-state index in [1.54, 1.807) is 0 Å². The predicted octanol–water partition coefficient (Wildman–Crippen LogP) is 24.5. The van der Waals surface area contributed by atoms with Crippen LogP contribution in [0.2, 0.25) is 0 Å². The summed E-state index contributed by atoms with van der Waals surface area (Å²) in [5.74, 6) is -0.887. The van der Waals surface area contributed by atoms with Crippen molar-refractivity contribution in [2.24, 2.45) is 0 Å². The maximum atomic E-state index is 12.9. The fraction of sp³-hybridized carbons (Fsp3) is 0.851. The van der Waals surface area contributed by atoms with Gasteiger partial charge in [-0.05, 0) is 77.0 Å². The topological polar surface area (TPSA) is 78.9 Å². The largest absolute Gasteiger partial charge is 0.462 e. The van der Waals surface area contributed by atoms with E-state index in [9.17, 15) is 14.4 Å². The van der Waals surface area contributed by atoms with E-state index in [-0.39, 0.29) is 31.1 Å². The molecule has 0 saturated heterocycles. The van der Waals surface area contributed by atoms with Crippen molar-refractivity contribution in [3.05, 3.63) is 48.6 Å². The van der Waals surface area contributed by atoms with Crippen LogP contribution in [-0.4, -0.2) is 37.2 Å². The zero-order chi connectivity index (χ0) is 57.8. The van der Waals surface area contributed by atoms with E-state index in [0.29, 0.717) is 19.3 Å². The molecule has 0 fully saturated rings. The monoisotopic (exact) mass is 1120 g/mol. The van der Waals surface area contributed by atoms with Gasteiger partial charge in [0.2, 0.25) is 0 Å². The molecule has 0 bridgehead atoms. The summed E-state index contributed by atoms with van der Waals surface area (Å²) in [6.45, 7) is 6.61. The number of allylic oxidation sites excluding steroid dienone is 8. The Morgan fingerprint density at radius 3 is 0.750 bits per heavy atom. The van der Waals surface area contributed by atoms with Gasteiger partial charge >= 0.3 is 17.9 Å². The zero-order valence-electron chi connectivity index (χ0n) is 53.9. The van der Waals surface area contributed by atoms with Gasteiger partial charge in [-0.3, -0.25) is 14.4 Å². The third-order valence-electron chi connectivity index (χ3n) is 16.1. The molecule has 6 nitrogen and oxygen atoms in total. The molecule has 0 aromatic heterocycles. The number of carbonyl (C=O) groups excluding carboxylic acids is 3. The van der Waals surface area contributed by atoms with Crippen LogP contribution < -0.4 is 0 Å². The van der Waals surface area contributed by atoms with Gasteiger partial charge in [0.1, 0.15) is 13.2 Å². The van der Waals surface area contributed by atoms with Crippen LogP contribution in [0.25, 0.3) is 0 Å². The minimum Gasteiger partial charge on any atom is -0.462 e. The zero-order valence-corrected chi connectivity index (χ0v) is 53.9. The van der Waals surface area contributed by atoms with Crippen LogP contribution in [-0.2, 0) is 28.6 Å². The van der Waals surface area contributed by atoms with Crippen LogP contribution in [0.3, 0.4) is 0 Å². The highest BCUT2D eigenvalue weighted by Gasteiger charge is 2.19. The Hall–Kier alpha value is -2.63. The second-order valence-electron chi connectivity index (χ2n) is 24.1. The molecule has 1 unspecified atom stereocenters. The lowest BCUT2D eigenvalue weighted by Gasteiger charge is -2.18. The van der Waals surface area contributed by atoms with Crippen LogP contribution in [0, 0.1) is 0 Å². The van der Waals surface area contributed by atoms with Gasteiger partial charge in [-0.15, -0.1) is 0 Å². The normalized spacial score (nSPS) is 12.3. The van der Waals surface area contributed by atoms with Crippen molar-refractivity contribution in [1.82, 2.24) is 0 Å². The first-order valence-corrected chi connectivity index (χ1v) is 35.6. The van der Waals surface area contributed by atoms with Crippen LogP contribution in [0.4, 0.5) is 0 Å². The van der Waals surface area contributed by atoms with Crippen molar-refractivity contribution < 1.29 is 28.6 Å². The van der Waals surface area contributed by atoms with Crippen molar-refractivity contribution in [2.75, 3.05) is 13.2 Å². The number of hydrogen-bond acceptors (Lipinski definition) is 6. The Bertz CT molecular complexity index is 1380. The average Bonchev–Trinajstić information content (AvgIpc) is 3.46. The number of rotatable bonds is 66. The number of carbonyl (C=O) groups is 3. The molecule has 468 valence electrons. The van der Waals surface area contributed by atoms with Gasteiger partial charge in [0.15, 0.2) is 6.10 Å². The molecule has 0 N–H and O–H groups in total. The Morgan fingerprint density at radius 1 is 0.250 bits per heavy atom. The molecule has 0 radical (unpaired) electrons. The molecule has 0 heterocycles. The number of hydrogen-bond donors (Lipinski definition) is 0. The third kappa shape index (κ3) is 66.2. The van der Waals surface area contributed by atoms with Crippen LogP contribution in [0.1, 0.15) is 387 Å². The van der Waals surface area contributed by atoms with Crippen molar-refractivity contribution >= 4 is 17.9 Å². The molecular weight excluding hydrogens is 985 g/mol. The summed E-state index contributed by atoms with van der Waals surface area (Å²) in [6.07, 6.45) is 87.4. The fourth-order valence-electron chi connectivity index (χ4n) is 10.7. The lowest BCUT2D eigenvalue weighted by molar-refractivity contribution is -0.167. The molecule has 0 rings (SSSR count). The van der Waals surface area contributed by atoms with E-state index in [1.165, 1.54) is 244 Å². The molecule has 0 saturated carbocycles. The smallest absolute Gasteiger partial charge is 0.306 e. The summed E-state index contributed by atoms with van der Waals surface area (Å²) in [6, 6.07) is 0. The van der Waals surface area contributed by atoms with E-state index in [1.807, 2.05) is 0 Å². The van der Waals surface area contributed by atoms with Gasteiger partial charge in [-0.25, -0.2) is 0 Å². The highest BCUT2D eigenvalue weighted by atomic mass is 16.6. The molecular formula is C74H136O6. The highest BCUT2D eigenvalue weighted by molar-refractivity contribution is 5.71. The van der Waals surface area contributed by atoms with Gasteiger partial charge < -0.3 is 14.2 Å². The molecule has 80 heavy (non-hydrogen) atoms. The molecule has 0 aromatic rings. The summed E-state index contributed by atoms with van der Waals surface area (Å²) in [4.78, 5) is 38.3. The number of unbranched alkanes of at least 4 members (excludes halogenated alkanes) is 47. The van der Waals surface area contributed by atoms with Crippen molar-refractivity contribution in [3.8, 4) is 0 Å². The summed E-state index contributed by atoms with van der Waals surface area (Å²) in [7, 11) is 0. The lowest BCUT2D eigenvalue weighted by atomic mass is 10.0. The van der Waals surface area contributed by atoms with Crippen molar-refractivity contribution in [2.45, 2.75) is 393 Å². The van der Waals surface area contributed by atoms with Gasteiger partial charge in [0, 0.05) is 19.3 Å². The molecule has 1 atom stereocenters. The minimum absolute atomic E-state index is 0.0801. The van der Waals surface area contributed by atoms with Gasteiger partial charge in [0.05, 0.1) is 0 Å².